The van der Waals surface area contributed by atoms with E-state index >= 15 is 0 Å². The van der Waals surface area contributed by atoms with Gasteiger partial charge >= 0.3 is 6.03 Å². The van der Waals surface area contributed by atoms with E-state index in [1.54, 1.807) is 4.90 Å². The SMILES string of the molecule is CC(C)N(C(=O)CN1C(=O)N[C@](C)(c2ccc(F)c(F)c2)C1=O)C(C)C. The summed E-state index contributed by atoms with van der Waals surface area (Å²) < 4.78 is 26.7. The normalized spacial score (nSPS) is 20.1. The number of rotatable bonds is 5. The molecule has 1 aromatic carbocycles. The number of urea groups is 1. The van der Waals surface area contributed by atoms with Gasteiger partial charge in [-0.25, -0.2) is 13.6 Å². The standard InChI is InChI=1S/C18H23F2N3O3/c1-10(2)23(11(3)4)15(24)9-22-16(25)18(5,21-17(22)26)12-6-7-13(19)14(20)8-12/h6-8,10-11H,9H2,1-5H3,(H,21,26)/t18-/m1/s1. The summed E-state index contributed by atoms with van der Waals surface area (Å²) >= 11 is 0. The Morgan fingerprint density at radius 3 is 2.23 bits per heavy atom. The zero-order chi connectivity index (χ0) is 19.8. The number of carbonyl (C=O) groups is 3. The van der Waals surface area contributed by atoms with E-state index in [4.69, 9.17) is 0 Å². The summed E-state index contributed by atoms with van der Waals surface area (Å²) in [5.41, 5.74) is -1.46. The quantitative estimate of drug-likeness (QED) is 0.813. The number of benzene rings is 1. The van der Waals surface area contributed by atoms with E-state index < -0.39 is 35.7 Å². The Bertz CT molecular complexity index is 743. The fourth-order valence-corrected chi connectivity index (χ4v) is 3.23. The summed E-state index contributed by atoms with van der Waals surface area (Å²) in [5, 5.41) is 2.47. The van der Waals surface area contributed by atoms with Gasteiger partial charge in [0, 0.05) is 12.1 Å². The number of imide groups is 1. The molecule has 8 heteroatoms. The molecule has 0 radical (unpaired) electrons. The highest BCUT2D eigenvalue weighted by molar-refractivity contribution is 6.09. The molecule has 1 aromatic rings. The fourth-order valence-electron chi connectivity index (χ4n) is 3.23. The highest BCUT2D eigenvalue weighted by Gasteiger charge is 2.50. The zero-order valence-electron chi connectivity index (χ0n) is 15.5. The predicted octanol–water partition coefficient (Wildman–Crippen LogP) is 2.38. The Labute approximate surface area is 151 Å². The maximum Gasteiger partial charge on any atom is 0.325 e. The van der Waals surface area contributed by atoms with Gasteiger partial charge < -0.3 is 10.2 Å². The van der Waals surface area contributed by atoms with Gasteiger partial charge in [0.1, 0.15) is 12.1 Å². The number of nitrogens with one attached hydrogen (secondary N) is 1. The van der Waals surface area contributed by atoms with Crippen LogP contribution in [0.5, 0.6) is 0 Å². The van der Waals surface area contributed by atoms with E-state index in [0.717, 1.165) is 17.0 Å². The highest BCUT2D eigenvalue weighted by atomic mass is 19.2. The molecule has 142 valence electrons. The molecule has 0 saturated carbocycles. The number of hydrogen-bond acceptors (Lipinski definition) is 3. The summed E-state index contributed by atoms with van der Waals surface area (Å²) in [5.74, 6) is -3.22. The lowest BCUT2D eigenvalue weighted by atomic mass is 9.92. The molecule has 1 N–H and O–H groups in total. The van der Waals surface area contributed by atoms with Crippen molar-refractivity contribution >= 4 is 17.8 Å². The van der Waals surface area contributed by atoms with Crippen LogP contribution in [0.3, 0.4) is 0 Å². The summed E-state index contributed by atoms with van der Waals surface area (Å²) in [4.78, 5) is 40.0. The number of nitrogens with zero attached hydrogens (tertiary/aromatic N) is 2. The van der Waals surface area contributed by atoms with Gasteiger partial charge in [0.25, 0.3) is 5.91 Å². The van der Waals surface area contributed by atoms with Crippen molar-refractivity contribution in [3.8, 4) is 0 Å². The van der Waals surface area contributed by atoms with E-state index in [-0.39, 0.29) is 23.6 Å². The number of hydrogen-bond donors (Lipinski definition) is 1. The van der Waals surface area contributed by atoms with E-state index in [9.17, 15) is 23.2 Å². The Morgan fingerprint density at radius 2 is 1.73 bits per heavy atom. The molecule has 1 atom stereocenters. The number of halogens is 2. The minimum atomic E-state index is -1.56. The van der Waals surface area contributed by atoms with Crippen molar-refractivity contribution in [2.45, 2.75) is 52.2 Å². The molecule has 0 aliphatic carbocycles. The Hall–Kier alpha value is -2.51. The van der Waals surface area contributed by atoms with Crippen molar-refractivity contribution in [2.75, 3.05) is 6.54 Å². The van der Waals surface area contributed by atoms with Crippen molar-refractivity contribution in [2.24, 2.45) is 0 Å². The van der Waals surface area contributed by atoms with Gasteiger partial charge in [0.05, 0.1) is 0 Å². The van der Waals surface area contributed by atoms with E-state index in [1.165, 1.54) is 13.0 Å². The van der Waals surface area contributed by atoms with Gasteiger partial charge in [-0.1, -0.05) is 6.07 Å². The van der Waals surface area contributed by atoms with Crippen LogP contribution in [0.25, 0.3) is 0 Å². The monoisotopic (exact) mass is 367 g/mol. The molecular weight excluding hydrogens is 344 g/mol. The summed E-state index contributed by atoms with van der Waals surface area (Å²) in [7, 11) is 0. The third-order valence-electron chi connectivity index (χ3n) is 4.47. The molecule has 0 spiro atoms. The van der Waals surface area contributed by atoms with Gasteiger partial charge in [-0.05, 0) is 52.3 Å². The summed E-state index contributed by atoms with van der Waals surface area (Å²) in [6.45, 7) is 8.35. The van der Waals surface area contributed by atoms with Crippen LogP contribution in [0.4, 0.5) is 13.6 Å². The molecule has 1 saturated heterocycles. The molecule has 2 rings (SSSR count). The van der Waals surface area contributed by atoms with E-state index in [1.807, 2.05) is 27.7 Å². The largest absolute Gasteiger partial charge is 0.336 e. The van der Waals surface area contributed by atoms with Crippen LogP contribution in [0.15, 0.2) is 18.2 Å². The minimum Gasteiger partial charge on any atom is -0.336 e. The molecule has 0 aromatic heterocycles. The van der Waals surface area contributed by atoms with Crippen molar-refractivity contribution < 1.29 is 23.2 Å². The van der Waals surface area contributed by atoms with Gasteiger partial charge in [0.15, 0.2) is 11.6 Å². The summed E-state index contributed by atoms with van der Waals surface area (Å²) in [6, 6.07) is 2.05. The summed E-state index contributed by atoms with van der Waals surface area (Å²) in [6.07, 6.45) is 0. The lowest BCUT2D eigenvalue weighted by Crippen LogP contribution is -2.49. The molecule has 26 heavy (non-hydrogen) atoms. The molecule has 1 aliphatic rings. The van der Waals surface area contributed by atoms with Crippen LogP contribution >= 0.6 is 0 Å². The maximum absolute atomic E-state index is 13.5. The van der Waals surface area contributed by atoms with Crippen molar-refractivity contribution in [3.63, 3.8) is 0 Å². The molecular formula is C18H23F2N3O3. The molecule has 6 nitrogen and oxygen atoms in total. The average molecular weight is 367 g/mol. The maximum atomic E-state index is 13.5. The Kier molecular flexibility index (Phi) is 5.34. The van der Waals surface area contributed by atoms with Crippen molar-refractivity contribution in [1.82, 2.24) is 15.1 Å². The second kappa shape index (κ2) is 7.01. The molecule has 0 unspecified atom stereocenters. The molecule has 0 bridgehead atoms. The second-order valence-electron chi connectivity index (χ2n) is 7.06. The first-order valence-corrected chi connectivity index (χ1v) is 8.39. The third-order valence-corrected chi connectivity index (χ3v) is 4.47. The van der Waals surface area contributed by atoms with Gasteiger partial charge in [-0.15, -0.1) is 0 Å². The van der Waals surface area contributed by atoms with Crippen LogP contribution in [0.2, 0.25) is 0 Å². The van der Waals surface area contributed by atoms with E-state index in [2.05, 4.69) is 5.32 Å². The van der Waals surface area contributed by atoms with Gasteiger partial charge in [-0.2, -0.15) is 0 Å². The van der Waals surface area contributed by atoms with Crippen LogP contribution in [-0.4, -0.2) is 46.3 Å². The lowest BCUT2D eigenvalue weighted by molar-refractivity contribution is -0.141. The van der Waals surface area contributed by atoms with Crippen LogP contribution in [0, 0.1) is 11.6 Å². The van der Waals surface area contributed by atoms with Crippen LogP contribution in [0.1, 0.15) is 40.2 Å². The zero-order valence-corrected chi connectivity index (χ0v) is 15.5. The lowest BCUT2D eigenvalue weighted by Gasteiger charge is -2.32. The second-order valence-corrected chi connectivity index (χ2v) is 7.06. The highest BCUT2D eigenvalue weighted by Crippen LogP contribution is 2.29. The van der Waals surface area contributed by atoms with Gasteiger partial charge in [-0.3, -0.25) is 14.5 Å². The predicted molar refractivity (Wildman–Crippen MR) is 91.1 cm³/mol. The smallest absolute Gasteiger partial charge is 0.325 e. The van der Waals surface area contributed by atoms with Crippen molar-refractivity contribution in [1.29, 1.82) is 0 Å². The van der Waals surface area contributed by atoms with Crippen molar-refractivity contribution in [3.05, 3.63) is 35.4 Å². The topological polar surface area (TPSA) is 69.7 Å². The molecule has 1 aliphatic heterocycles. The molecule has 1 fully saturated rings. The first-order chi connectivity index (χ1) is 12.0. The first-order valence-electron chi connectivity index (χ1n) is 8.39. The van der Waals surface area contributed by atoms with Crippen LogP contribution < -0.4 is 5.32 Å². The number of carbonyl (C=O) groups excluding carboxylic acids is 3. The van der Waals surface area contributed by atoms with E-state index in [0.29, 0.717) is 0 Å². The first kappa shape index (κ1) is 19.8. The average Bonchev–Trinajstić information content (AvgIpc) is 2.73. The van der Waals surface area contributed by atoms with Gasteiger partial charge in [0.2, 0.25) is 5.91 Å². The fraction of sp³-hybridized carbons (Fsp3) is 0.500. The Morgan fingerprint density at radius 1 is 1.15 bits per heavy atom. The molecule has 4 amide bonds. The Balaban J connectivity index is 2.28. The number of amides is 4. The minimum absolute atomic E-state index is 0.0964. The molecule has 1 heterocycles. The van der Waals surface area contributed by atoms with Crippen LogP contribution in [-0.2, 0) is 15.1 Å². The third kappa shape index (κ3) is 3.40.